The van der Waals surface area contributed by atoms with Crippen LogP contribution < -0.4 is 5.56 Å². The highest BCUT2D eigenvalue weighted by Crippen LogP contribution is 2.18. The van der Waals surface area contributed by atoms with E-state index in [1.807, 2.05) is 43.3 Å². The first-order valence-electron chi connectivity index (χ1n) is 6.39. The summed E-state index contributed by atoms with van der Waals surface area (Å²) >= 11 is 0. The Balaban J connectivity index is 1.86. The fourth-order valence-electron chi connectivity index (χ4n) is 2.00. The Morgan fingerprint density at radius 1 is 1.20 bits per heavy atom. The molecule has 0 amide bonds. The van der Waals surface area contributed by atoms with Crippen molar-refractivity contribution in [2.24, 2.45) is 0 Å². The summed E-state index contributed by atoms with van der Waals surface area (Å²) < 4.78 is 7.07. The van der Waals surface area contributed by atoms with Crippen molar-refractivity contribution >= 4 is 0 Å². The number of pyridine rings is 1. The van der Waals surface area contributed by atoms with Gasteiger partial charge in [-0.25, -0.2) is 4.98 Å². The molecule has 4 nitrogen and oxygen atoms in total. The maximum atomic E-state index is 11.8. The summed E-state index contributed by atoms with van der Waals surface area (Å²) in [6.07, 6.45) is 3.36. The molecule has 0 atom stereocenters. The Morgan fingerprint density at radius 2 is 2.00 bits per heavy atom. The standard InChI is InChI=1S/C16H14N2O2/c1-12-7-8-18(15(19)9-12)10-14-11-20-16(17-14)13-5-3-2-4-6-13/h2-9,11H,10H2,1H3. The van der Waals surface area contributed by atoms with Crippen molar-refractivity contribution in [3.63, 3.8) is 0 Å². The van der Waals surface area contributed by atoms with E-state index in [1.165, 1.54) is 0 Å². The van der Waals surface area contributed by atoms with E-state index >= 15 is 0 Å². The number of benzene rings is 1. The molecule has 0 aliphatic heterocycles. The average molecular weight is 266 g/mol. The molecule has 0 aliphatic carbocycles. The molecule has 100 valence electrons. The molecule has 1 aromatic carbocycles. The van der Waals surface area contributed by atoms with E-state index in [-0.39, 0.29) is 5.56 Å². The monoisotopic (exact) mass is 266 g/mol. The summed E-state index contributed by atoms with van der Waals surface area (Å²) in [7, 11) is 0. The molecule has 0 unspecified atom stereocenters. The van der Waals surface area contributed by atoms with Gasteiger partial charge in [-0.1, -0.05) is 18.2 Å². The van der Waals surface area contributed by atoms with Crippen molar-refractivity contribution in [3.05, 3.63) is 76.5 Å². The van der Waals surface area contributed by atoms with Crippen molar-refractivity contribution in [3.8, 4) is 11.5 Å². The minimum Gasteiger partial charge on any atom is -0.444 e. The Labute approximate surface area is 116 Å². The molecule has 0 radical (unpaired) electrons. The van der Waals surface area contributed by atoms with E-state index in [9.17, 15) is 4.79 Å². The molecule has 4 heteroatoms. The van der Waals surface area contributed by atoms with Gasteiger partial charge in [-0.05, 0) is 30.7 Å². The van der Waals surface area contributed by atoms with Gasteiger partial charge >= 0.3 is 0 Å². The lowest BCUT2D eigenvalue weighted by Gasteiger charge is -2.02. The first-order chi connectivity index (χ1) is 9.72. The predicted octanol–water partition coefficient (Wildman–Crippen LogP) is 2.86. The van der Waals surface area contributed by atoms with Gasteiger partial charge in [0.1, 0.15) is 6.26 Å². The van der Waals surface area contributed by atoms with Crippen molar-refractivity contribution in [1.29, 1.82) is 0 Å². The van der Waals surface area contributed by atoms with Gasteiger partial charge < -0.3 is 8.98 Å². The van der Waals surface area contributed by atoms with Crippen LogP contribution in [-0.2, 0) is 6.54 Å². The number of rotatable bonds is 3. The molecule has 3 rings (SSSR count). The minimum atomic E-state index is -0.0331. The Kier molecular flexibility index (Phi) is 3.21. The molecule has 2 aromatic heterocycles. The van der Waals surface area contributed by atoms with Gasteiger partial charge in [0.2, 0.25) is 5.89 Å². The first-order valence-corrected chi connectivity index (χ1v) is 6.39. The lowest BCUT2D eigenvalue weighted by molar-refractivity contribution is 0.571. The van der Waals surface area contributed by atoms with E-state index in [0.717, 1.165) is 16.8 Å². The molecule has 0 saturated heterocycles. The van der Waals surface area contributed by atoms with Gasteiger partial charge in [0.15, 0.2) is 0 Å². The molecular formula is C16H14N2O2. The van der Waals surface area contributed by atoms with Crippen LogP contribution in [0.3, 0.4) is 0 Å². The number of aryl methyl sites for hydroxylation is 1. The molecule has 0 saturated carbocycles. The summed E-state index contributed by atoms with van der Waals surface area (Å²) in [6, 6.07) is 13.2. The predicted molar refractivity (Wildman–Crippen MR) is 76.5 cm³/mol. The molecule has 20 heavy (non-hydrogen) atoms. The van der Waals surface area contributed by atoms with Crippen LogP contribution in [-0.4, -0.2) is 9.55 Å². The second-order valence-corrected chi connectivity index (χ2v) is 4.68. The van der Waals surface area contributed by atoms with Gasteiger partial charge in [0, 0.05) is 17.8 Å². The minimum absolute atomic E-state index is 0.0331. The molecular weight excluding hydrogens is 252 g/mol. The molecule has 0 N–H and O–H groups in total. The van der Waals surface area contributed by atoms with E-state index < -0.39 is 0 Å². The molecule has 0 spiro atoms. The first kappa shape index (κ1) is 12.4. The SMILES string of the molecule is Cc1ccn(Cc2coc(-c3ccccc3)n2)c(=O)c1. The summed E-state index contributed by atoms with van der Waals surface area (Å²) in [4.78, 5) is 16.2. The van der Waals surface area contributed by atoms with Gasteiger partial charge in [-0.15, -0.1) is 0 Å². The van der Waals surface area contributed by atoms with Gasteiger partial charge in [-0.3, -0.25) is 4.79 Å². The number of nitrogens with zero attached hydrogens (tertiary/aromatic N) is 2. The van der Waals surface area contributed by atoms with Gasteiger partial charge in [-0.2, -0.15) is 0 Å². The van der Waals surface area contributed by atoms with Crippen molar-refractivity contribution in [1.82, 2.24) is 9.55 Å². The van der Waals surface area contributed by atoms with Crippen LogP contribution >= 0.6 is 0 Å². The summed E-state index contributed by atoms with van der Waals surface area (Å²) in [5.74, 6) is 0.570. The largest absolute Gasteiger partial charge is 0.444 e. The molecule has 0 bridgehead atoms. The zero-order valence-corrected chi connectivity index (χ0v) is 11.1. The van der Waals surface area contributed by atoms with Crippen LogP contribution in [0.15, 0.2) is 64.1 Å². The highest BCUT2D eigenvalue weighted by Gasteiger charge is 2.07. The molecule has 0 aliphatic rings. The van der Waals surface area contributed by atoms with Crippen LogP contribution in [0.5, 0.6) is 0 Å². The summed E-state index contributed by atoms with van der Waals surface area (Å²) in [6.45, 7) is 2.31. The third kappa shape index (κ3) is 2.54. The van der Waals surface area contributed by atoms with Crippen LogP contribution in [0.25, 0.3) is 11.5 Å². The van der Waals surface area contributed by atoms with Crippen LogP contribution in [0.1, 0.15) is 11.3 Å². The van der Waals surface area contributed by atoms with E-state index in [2.05, 4.69) is 4.98 Å². The quantitative estimate of drug-likeness (QED) is 0.732. The zero-order chi connectivity index (χ0) is 13.9. The van der Waals surface area contributed by atoms with Crippen LogP contribution in [0.2, 0.25) is 0 Å². The topological polar surface area (TPSA) is 48.0 Å². The Bertz CT molecular complexity index is 772. The van der Waals surface area contributed by atoms with Crippen molar-refractivity contribution < 1.29 is 4.42 Å². The number of aromatic nitrogens is 2. The zero-order valence-electron chi connectivity index (χ0n) is 11.1. The lowest BCUT2D eigenvalue weighted by atomic mass is 10.2. The van der Waals surface area contributed by atoms with Crippen LogP contribution in [0.4, 0.5) is 0 Å². The molecule has 0 fully saturated rings. The number of oxazole rings is 1. The fourth-order valence-corrected chi connectivity index (χ4v) is 2.00. The van der Waals surface area contributed by atoms with Crippen molar-refractivity contribution in [2.75, 3.05) is 0 Å². The molecule has 2 heterocycles. The maximum absolute atomic E-state index is 11.8. The van der Waals surface area contributed by atoms with Crippen LogP contribution in [0, 0.1) is 6.92 Å². The number of hydrogen-bond acceptors (Lipinski definition) is 3. The normalized spacial score (nSPS) is 10.7. The van der Waals surface area contributed by atoms with Crippen molar-refractivity contribution in [2.45, 2.75) is 13.5 Å². The lowest BCUT2D eigenvalue weighted by Crippen LogP contribution is -2.19. The highest BCUT2D eigenvalue weighted by atomic mass is 16.3. The second-order valence-electron chi connectivity index (χ2n) is 4.68. The van der Waals surface area contributed by atoms with E-state index in [1.54, 1.807) is 23.1 Å². The van der Waals surface area contributed by atoms with Gasteiger partial charge in [0.05, 0.1) is 12.2 Å². The summed E-state index contributed by atoms with van der Waals surface area (Å²) in [5.41, 5.74) is 2.58. The third-order valence-electron chi connectivity index (χ3n) is 3.06. The molecule has 3 aromatic rings. The number of hydrogen-bond donors (Lipinski definition) is 0. The van der Waals surface area contributed by atoms with E-state index in [0.29, 0.717) is 12.4 Å². The Hall–Kier alpha value is -2.62. The highest BCUT2D eigenvalue weighted by molar-refractivity contribution is 5.52. The van der Waals surface area contributed by atoms with Gasteiger partial charge in [0.25, 0.3) is 5.56 Å². The smallest absolute Gasteiger partial charge is 0.251 e. The average Bonchev–Trinajstić information content (AvgIpc) is 2.92. The fraction of sp³-hybridized carbons (Fsp3) is 0.125. The Morgan fingerprint density at radius 3 is 2.75 bits per heavy atom. The maximum Gasteiger partial charge on any atom is 0.251 e. The second kappa shape index (κ2) is 5.17. The summed E-state index contributed by atoms with van der Waals surface area (Å²) in [5, 5.41) is 0. The van der Waals surface area contributed by atoms with E-state index in [4.69, 9.17) is 4.42 Å². The third-order valence-corrected chi connectivity index (χ3v) is 3.06.